The van der Waals surface area contributed by atoms with Crippen molar-refractivity contribution in [2.45, 2.75) is 292 Å². The van der Waals surface area contributed by atoms with E-state index in [0.717, 1.165) is 12.8 Å². The molecule has 0 saturated carbocycles. The molecule has 0 spiro atoms. The highest BCUT2D eigenvalue weighted by Gasteiger charge is 2.50. The van der Waals surface area contributed by atoms with Crippen LogP contribution in [0.3, 0.4) is 0 Å². The summed E-state index contributed by atoms with van der Waals surface area (Å²) in [5, 5.41) is 7.64. The molecule has 1 heterocycles. The van der Waals surface area contributed by atoms with Gasteiger partial charge in [0.25, 0.3) is 0 Å². The molecule has 0 saturated heterocycles. The molecule has 0 bridgehead atoms. The van der Waals surface area contributed by atoms with Crippen molar-refractivity contribution in [3.8, 4) is 22.9 Å². The Kier molecular flexibility index (Phi) is 22.3. The standard InChI is InChI=1S/C62H126Si14/c1-65(2,3)57(66(4,5)6)49-45-51(59(69(13,14)15)70(16,17)18)55(52(46-49)60(71(19,20)21)72(22,23)24)63-43-41-39-37-38-40-42-44-64(63)56-53(61(73(25,26)27)74(28,29)30)47-50(58(67(7,8)9)68(10,11)12)48-54(56)62(75(31,32)33)76(34,35)36/h45-48,57-62H,37-40H2,1-36H3/b64-63-. The summed E-state index contributed by atoms with van der Waals surface area (Å²) in [5.74, 6) is 8.44. The van der Waals surface area contributed by atoms with Crippen LogP contribution in [-0.4, -0.2) is 113 Å². The summed E-state index contributed by atoms with van der Waals surface area (Å²) in [6.07, 6.45) is 4.38. The molecule has 430 valence electrons. The van der Waals surface area contributed by atoms with Crippen molar-refractivity contribution in [1.82, 2.24) is 0 Å². The van der Waals surface area contributed by atoms with Crippen LogP contribution >= 0.6 is 0 Å². The SMILES string of the molecule is C[Si](C)(C)C(c1cc(C([Si](C)(C)C)[Si](C)(C)C)c(/[Si]2=[Si](\c3c(C([Si](C)(C)C)[Si](C)(C)C)cc(C([Si](C)(C)C)[Si](C)(C)C)cc3C([Si](C)(C)C)[Si](C)(C)C)C#CCCCCC#C2)c(C([Si](C)(C)C)[Si](C)(C)C)c1)[Si](C)(C)C. The number of rotatable bonds is 20. The molecule has 0 nitrogen and oxygen atoms in total. The van der Waals surface area contributed by atoms with Crippen LogP contribution in [0, 0.1) is 22.9 Å². The predicted molar refractivity (Wildman–Crippen MR) is 394 cm³/mol. The first-order valence-corrected chi connectivity index (χ1v) is 77.4. The fourth-order valence-corrected chi connectivity index (χ4v) is 104. The molecule has 0 aromatic heterocycles. The number of hydrogen-bond donors (Lipinski definition) is 0. The summed E-state index contributed by atoms with van der Waals surface area (Å²) in [6, 6.07) is 12.1. The maximum Gasteiger partial charge on any atom is 0.134 e. The number of hydrogen-bond acceptors (Lipinski definition) is 0. The second-order valence-electron chi connectivity index (χ2n) is 37.7. The van der Waals surface area contributed by atoms with E-state index in [1.165, 1.54) is 12.8 Å². The van der Waals surface area contributed by atoms with Gasteiger partial charge in [-0.25, -0.2) is 0 Å². The van der Waals surface area contributed by atoms with Gasteiger partial charge in [-0.3, -0.25) is 0 Å². The summed E-state index contributed by atoms with van der Waals surface area (Å²) in [4.78, 5) is 0. The molecule has 0 atom stereocenters. The van der Waals surface area contributed by atoms with E-state index in [1.807, 2.05) is 32.6 Å². The molecular formula is C62H126Si14. The van der Waals surface area contributed by atoms with E-state index in [0.29, 0.717) is 31.0 Å². The van der Waals surface area contributed by atoms with Crippen molar-refractivity contribution >= 4 is 123 Å². The lowest BCUT2D eigenvalue weighted by Crippen LogP contribution is -2.57. The fourth-order valence-electron chi connectivity index (χ4n) is 18.0. The highest BCUT2D eigenvalue weighted by atomic mass is 28.9. The lowest BCUT2D eigenvalue weighted by atomic mass is 10.1. The predicted octanol–water partition coefficient (Wildman–Crippen LogP) is 19.6. The third kappa shape index (κ3) is 17.6. The molecule has 2 aromatic carbocycles. The zero-order valence-electron chi connectivity index (χ0n) is 57.6. The van der Waals surface area contributed by atoms with Crippen molar-refractivity contribution in [2.24, 2.45) is 0 Å². The molecule has 1 aliphatic rings. The van der Waals surface area contributed by atoms with E-state index < -0.39 is 113 Å². The van der Waals surface area contributed by atoms with Crippen LogP contribution in [0.15, 0.2) is 24.3 Å². The zero-order chi connectivity index (χ0) is 59.7. The van der Waals surface area contributed by atoms with Gasteiger partial charge in [-0.15, -0.1) is 22.9 Å². The Morgan fingerprint density at radius 2 is 0.421 bits per heavy atom. The Hall–Kier alpha value is 0.596. The molecule has 3 rings (SSSR count). The third-order valence-electron chi connectivity index (χ3n) is 16.8. The van der Waals surface area contributed by atoms with Crippen LogP contribution in [0.25, 0.3) is 0 Å². The van der Waals surface area contributed by atoms with Crippen LogP contribution in [0.2, 0.25) is 236 Å². The topological polar surface area (TPSA) is 0 Å². The van der Waals surface area contributed by atoms with Gasteiger partial charge in [0.05, 0.1) is 0 Å². The van der Waals surface area contributed by atoms with Gasteiger partial charge in [0.15, 0.2) is 0 Å². The summed E-state index contributed by atoms with van der Waals surface area (Å²) in [5.41, 5.74) is 20.2. The summed E-state index contributed by atoms with van der Waals surface area (Å²) in [7, 11) is -24.6. The van der Waals surface area contributed by atoms with Crippen LogP contribution in [0.5, 0.6) is 0 Å². The maximum absolute atomic E-state index is 4.67. The van der Waals surface area contributed by atoms with E-state index in [2.05, 4.69) is 283 Å². The zero-order valence-corrected chi connectivity index (χ0v) is 71.6. The first kappa shape index (κ1) is 70.9. The third-order valence-corrected chi connectivity index (χ3v) is 79.8. The maximum atomic E-state index is 4.67. The molecule has 0 amide bonds. The number of benzene rings is 2. The lowest BCUT2D eigenvalue weighted by molar-refractivity contribution is 0.783. The Balaban J connectivity index is 3.42. The van der Waals surface area contributed by atoms with Gasteiger partial charge in [0.1, 0.15) is 15.8 Å². The van der Waals surface area contributed by atoms with Gasteiger partial charge in [-0.05, 0) is 87.6 Å². The minimum atomic E-state index is -1.83. The van der Waals surface area contributed by atoms with Crippen molar-refractivity contribution in [2.75, 3.05) is 0 Å². The van der Waals surface area contributed by atoms with Crippen LogP contribution < -0.4 is 10.4 Å². The molecule has 0 radical (unpaired) electrons. The van der Waals surface area contributed by atoms with Crippen molar-refractivity contribution < 1.29 is 0 Å². The van der Waals surface area contributed by atoms with Crippen LogP contribution in [0.1, 0.15) is 90.1 Å². The molecule has 76 heavy (non-hydrogen) atoms. The first-order chi connectivity index (χ1) is 33.4. The highest BCUT2D eigenvalue weighted by molar-refractivity contribution is 7.17. The van der Waals surface area contributed by atoms with E-state index in [4.69, 9.17) is 0 Å². The smallest absolute Gasteiger partial charge is 0.106 e. The van der Waals surface area contributed by atoms with Gasteiger partial charge in [-0.1, -0.05) is 260 Å². The normalized spacial score (nSPS) is 17.0. The molecule has 0 N–H and O–H groups in total. The van der Waals surface area contributed by atoms with Crippen molar-refractivity contribution in [3.63, 3.8) is 0 Å². The largest absolute Gasteiger partial charge is 0.134 e. The molecular weight excluding hydrogens is 1140 g/mol. The van der Waals surface area contributed by atoms with Crippen molar-refractivity contribution in [1.29, 1.82) is 0 Å². The Labute approximate surface area is 491 Å². The Morgan fingerprint density at radius 1 is 0.263 bits per heavy atom. The summed E-state index contributed by atoms with van der Waals surface area (Å²) >= 11 is 0. The average Bonchev–Trinajstić information content (AvgIpc) is 3.07. The molecule has 14 heteroatoms. The monoisotopic (exact) mass is 1260 g/mol. The van der Waals surface area contributed by atoms with Gasteiger partial charge in [0.2, 0.25) is 0 Å². The highest BCUT2D eigenvalue weighted by Crippen LogP contribution is 2.47. The fraction of sp³-hybridized carbons (Fsp3) is 0.742. The van der Waals surface area contributed by atoms with E-state index in [1.54, 1.807) is 11.1 Å². The van der Waals surface area contributed by atoms with Gasteiger partial charge in [-0.2, -0.15) is 0 Å². The summed E-state index contributed by atoms with van der Waals surface area (Å²) < 4.78 is 0. The molecule has 1 aliphatic heterocycles. The van der Waals surface area contributed by atoms with Gasteiger partial charge >= 0.3 is 0 Å². The molecule has 0 aliphatic carbocycles. The van der Waals surface area contributed by atoms with E-state index >= 15 is 0 Å². The van der Waals surface area contributed by atoms with Crippen molar-refractivity contribution in [3.05, 3.63) is 57.6 Å². The quantitative estimate of drug-likeness (QED) is 0.0916. The van der Waals surface area contributed by atoms with E-state index in [-0.39, 0.29) is 0 Å². The summed E-state index contributed by atoms with van der Waals surface area (Å²) in [6.45, 7) is 99.4. The minimum absolute atomic E-state index is 0.636. The second-order valence-corrected chi connectivity index (χ2v) is 111. The molecule has 2 aromatic rings. The molecule has 0 unspecified atom stereocenters. The average molecular weight is 1260 g/mol. The Bertz CT molecular complexity index is 2160. The Morgan fingerprint density at radius 3 is 0.566 bits per heavy atom. The van der Waals surface area contributed by atoms with Crippen LogP contribution in [-0.2, 0) is 0 Å². The first-order valence-electron chi connectivity index (χ1n) is 30.5. The van der Waals surface area contributed by atoms with Gasteiger partial charge < -0.3 is 0 Å². The van der Waals surface area contributed by atoms with E-state index in [9.17, 15) is 0 Å². The van der Waals surface area contributed by atoms with Crippen LogP contribution in [0.4, 0.5) is 0 Å². The van der Waals surface area contributed by atoms with Gasteiger partial charge in [0, 0.05) is 110 Å². The lowest BCUT2D eigenvalue weighted by Gasteiger charge is -2.47. The molecule has 0 fully saturated rings. The minimum Gasteiger partial charge on any atom is -0.106 e. The second kappa shape index (κ2) is 23.9.